The molecule has 0 heterocycles. The molecule has 0 saturated carbocycles. The number of hydrogen-bond acceptors (Lipinski definition) is 5. The number of hydrogen-bond donors (Lipinski definition) is 5. The van der Waals surface area contributed by atoms with Gasteiger partial charge in [0.05, 0.1) is 6.26 Å². The van der Waals surface area contributed by atoms with Crippen molar-refractivity contribution >= 4 is 23.9 Å². The second-order valence-corrected chi connectivity index (χ2v) is 4.00. The predicted octanol–water partition coefficient (Wildman–Crippen LogP) is -1.42. The first-order valence-corrected chi connectivity index (χ1v) is 5.19. The summed E-state index contributed by atoms with van der Waals surface area (Å²) in [5, 5.41) is 44.1. The number of rotatable bonds is 9. The summed E-state index contributed by atoms with van der Waals surface area (Å²) in [6.45, 7) is -3.13. The number of carboxylic acids is 4. The molecule has 0 aromatic heterocycles. The van der Waals surface area contributed by atoms with E-state index in [4.69, 9.17) is 25.5 Å². The van der Waals surface area contributed by atoms with Gasteiger partial charge in [-0.3, -0.25) is 4.48 Å². The van der Waals surface area contributed by atoms with E-state index in [1.54, 1.807) is 0 Å². The molecule has 1 atom stereocenters. The van der Waals surface area contributed by atoms with E-state index in [1.165, 1.54) is 0 Å². The minimum absolute atomic E-state index is 0.303. The maximum atomic E-state index is 11.1. The third-order valence-corrected chi connectivity index (χ3v) is 2.46. The minimum atomic E-state index is -1.83. The zero-order chi connectivity index (χ0) is 15.9. The Labute approximate surface area is 112 Å². The van der Waals surface area contributed by atoms with E-state index >= 15 is 0 Å². The summed E-state index contributed by atoms with van der Waals surface area (Å²) in [4.78, 5) is 43.6. The number of aliphatic carboxylic acids is 4. The lowest BCUT2D eigenvalue weighted by atomic mass is 10.1. The van der Waals surface area contributed by atoms with Crippen molar-refractivity contribution in [2.75, 3.05) is 19.6 Å². The van der Waals surface area contributed by atoms with Gasteiger partial charge in [-0.25, -0.2) is 19.2 Å². The van der Waals surface area contributed by atoms with Crippen LogP contribution in [0.2, 0.25) is 0 Å². The summed E-state index contributed by atoms with van der Waals surface area (Å²) in [6.07, 6.45) is 0.939. The summed E-state index contributed by atoms with van der Waals surface area (Å²) in [6, 6.07) is -1.83. The van der Waals surface area contributed by atoms with Gasteiger partial charge >= 0.3 is 23.9 Å². The van der Waals surface area contributed by atoms with E-state index in [1.807, 2.05) is 0 Å². The second-order valence-electron chi connectivity index (χ2n) is 4.00. The van der Waals surface area contributed by atoms with Crippen molar-refractivity contribution < 1.29 is 49.2 Å². The first kappa shape index (κ1) is 17.4. The standard InChI is InChI=1S/C10H13NO9/c12-2-1-6(10(19)20)11(3-7(13)14,4-8(15)16)5-9(17)18/h1-2,6H,3-5H2,(H4-,12,13,14,15,16,17,18,19,20)/p+1. The van der Waals surface area contributed by atoms with Gasteiger partial charge in [0.15, 0.2) is 19.6 Å². The van der Waals surface area contributed by atoms with Crippen LogP contribution in [-0.4, -0.2) is 79.6 Å². The van der Waals surface area contributed by atoms with E-state index in [9.17, 15) is 19.2 Å². The number of aliphatic hydroxyl groups is 1. The Balaban J connectivity index is 5.88. The van der Waals surface area contributed by atoms with Gasteiger partial charge in [0.1, 0.15) is 0 Å². The summed E-state index contributed by atoms with van der Waals surface area (Å²) in [7, 11) is 0. The third-order valence-electron chi connectivity index (χ3n) is 2.46. The molecule has 0 aromatic carbocycles. The molecule has 0 spiro atoms. The normalized spacial score (nSPS) is 13.0. The molecule has 0 fully saturated rings. The van der Waals surface area contributed by atoms with Crippen LogP contribution in [0, 0.1) is 0 Å². The van der Waals surface area contributed by atoms with Crippen LogP contribution in [0.4, 0.5) is 0 Å². The fourth-order valence-electron chi connectivity index (χ4n) is 1.85. The Morgan fingerprint density at radius 2 is 1.20 bits per heavy atom. The van der Waals surface area contributed by atoms with Crippen LogP contribution in [0.1, 0.15) is 0 Å². The fourth-order valence-corrected chi connectivity index (χ4v) is 1.85. The van der Waals surface area contributed by atoms with E-state index in [0.717, 1.165) is 0 Å². The first-order chi connectivity index (χ1) is 9.14. The molecule has 1 unspecified atom stereocenters. The molecule has 0 aromatic rings. The van der Waals surface area contributed by atoms with Crippen LogP contribution in [0.15, 0.2) is 12.3 Å². The van der Waals surface area contributed by atoms with E-state index in [-0.39, 0.29) is 0 Å². The van der Waals surface area contributed by atoms with Crippen LogP contribution in [0.25, 0.3) is 0 Å². The Bertz CT molecular complexity index is 401. The molecule has 10 nitrogen and oxygen atoms in total. The quantitative estimate of drug-likeness (QED) is 0.253. The summed E-state index contributed by atoms with van der Waals surface area (Å²) < 4.78 is -1.30. The summed E-state index contributed by atoms with van der Waals surface area (Å²) in [5.41, 5.74) is 0. The van der Waals surface area contributed by atoms with E-state index in [0.29, 0.717) is 12.3 Å². The van der Waals surface area contributed by atoms with Crippen molar-refractivity contribution in [3.63, 3.8) is 0 Å². The average molecular weight is 292 g/mol. The predicted molar refractivity (Wildman–Crippen MR) is 61.0 cm³/mol. The maximum Gasteiger partial charge on any atom is 0.367 e. The van der Waals surface area contributed by atoms with E-state index < -0.39 is 54.0 Å². The van der Waals surface area contributed by atoms with Crippen LogP contribution in [0.5, 0.6) is 0 Å². The number of carboxylic acid groups (broad SMARTS) is 4. The number of aliphatic hydroxyl groups excluding tert-OH is 1. The highest BCUT2D eigenvalue weighted by Crippen LogP contribution is 2.16. The molecule has 112 valence electrons. The van der Waals surface area contributed by atoms with Gasteiger partial charge in [-0.05, 0) is 0 Å². The largest absolute Gasteiger partial charge is 0.516 e. The molecule has 0 amide bonds. The molecule has 20 heavy (non-hydrogen) atoms. The van der Waals surface area contributed by atoms with Crippen LogP contribution in [0.3, 0.4) is 0 Å². The number of carbonyl (C=O) groups is 4. The van der Waals surface area contributed by atoms with Crippen molar-refractivity contribution in [1.82, 2.24) is 0 Å². The molecule has 0 bridgehead atoms. The molecule has 10 heteroatoms. The molecular formula is C10H14NO9+. The van der Waals surface area contributed by atoms with Gasteiger partial charge in [-0.1, -0.05) is 0 Å². The highest BCUT2D eigenvalue weighted by molar-refractivity contribution is 5.78. The average Bonchev–Trinajstić information content (AvgIpc) is 2.21. The van der Waals surface area contributed by atoms with Crippen LogP contribution < -0.4 is 0 Å². The number of quaternary nitrogens is 1. The van der Waals surface area contributed by atoms with Gasteiger partial charge in [-0.2, -0.15) is 0 Å². The Morgan fingerprint density at radius 1 is 0.850 bits per heavy atom. The van der Waals surface area contributed by atoms with Gasteiger partial charge in [-0.15, -0.1) is 0 Å². The Hall–Kier alpha value is -2.62. The Morgan fingerprint density at radius 3 is 1.40 bits per heavy atom. The lowest BCUT2D eigenvalue weighted by Crippen LogP contribution is -2.64. The highest BCUT2D eigenvalue weighted by Gasteiger charge is 2.46. The van der Waals surface area contributed by atoms with Crippen molar-refractivity contribution in [2.45, 2.75) is 6.04 Å². The first-order valence-electron chi connectivity index (χ1n) is 5.19. The van der Waals surface area contributed by atoms with Gasteiger partial charge in [0.2, 0.25) is 6.04 Å². The second kappa shape index (κ2) is 7.09. The molecule has 0 radical (unpaired) electrons. The van der Waals surface area contributed by atoms with Crippen molar-refractivity contribution in [3.8, 4) is 0 Å². The molecule has 0 aliphatic rings. The SMILES string of the molecule is O=C(O)C[N+](CC(=O)O)(CC(=O)O)C(C=CO)C(=O)O. The van der Waals surface area contributed by atoms with E-state index in [2.05, 4.69) is 0 Å². The molecule has 0 aliphatic carbocycles. The topological polar surface area (TPSA) is 169 Å². The zero-order valence-electron chi connectivity index (χ0n) is 10.2. The van der Waals surface area contributed by atoms with Crippen LogP contribution >= 0.6 is 0 Å². The smallest absolute Gasteiger partial charge is 0.367 e. The number of nitrogens with zero attached hydrogens (tertiary/aromatic N) is 1. The van der Waals surface area contributed by atoms with Crippen molar-refractivity contribution in [2.24, 2.45) is 0 Å². The summed E-state index contributed by atoms with van der Waals surface area (Å²) >= 11 is 0. The van der Waals surface area contributed by atoms with Gasteiger partial charge in [0, 0.05) is 6.08 Å². The fraction of sp³-hybridized carbons (Fsp3) is 0.400. The molecule has 0 rings (SSSR count). The lowest BCUT2D eigenvalue weighted by Gasteiger charge is -2.37. The van der Waals surface area contributed by atoms with Crippen molar-refractivity contribution in [1.29, 1.82) is 0 Å². The monoisotopic (exact) mass is 292 g/mol. The van der Waals surface area contributed by atoms with Gasteiger partial charge in [0.25, 0.3) is 0 Å². The van der Waals surface area contributed by atoms with Crippen LogP contribution in [-0.2, 0) is 19.2 Å². The zero-order valence-corrected chi connectivity index (χ0v) is 10.2. The molecule has 0 saturated heterocycles. The Kier molecular flexibility index (Phi) is 6.16. The lowest BCUT2D eigenvalue weighted by molar-refractivity contribution is -0.917. The highest BCUT2D eigenvalue weighted by atomic mass is 16.4. The summed E-state index contributed by atoms with van der Waals surface area (Å²) in [5.74, 6) is -6.35. The maximum absolute atomic E-state index is 11.1. The third kappa shape index (κ3) is 4.94. The molecule has 5 N–H and O–H groups in total. The molecule has 0 aliphatic heterocycles. The minimum Gasteiger partial charge on any atom is -0.516 e. The van der Waals surface area contributed by atoms with Gasteiger partial charge < -0.3 is 25.5 Å². The van der Waals surface area contributed by atoms with Crippen molar-refractivity contribution in [3.05, 3.63) is 12.3 Å². The molecular weight excluding hydrogens is 278 g/mol.